The summed E-state index contributed by atoms with van der Waals surface area (Å²) in [7, 11) is -2.85. The van der Waals surface area contributed by atoms with E-state index in [2.05, 4.69) is 315 Å². The Kier molecular flexibility index (Phi) is 21.9. The maximum atomic E-state index is 9.44. The predicted octanol–water partition coefficient (Wildman–Crippen LogP) is 27.8. The minimum absolute atomic E-state index is 0.555. The molecule has 0 unspecified atom stereocenters. The van der Waals surface area contributed by atoms with Crippen molar-refractivity contribution >= 4 is 211 Å². The van der Waals surface area contributed by atoms with Gasteiger partial charge in [-0.25, -0.2) is 0 Å². The first kappa shape index (κ1) is 73.8. The second kappa shape index (κ2) is 33.2. The highest BCUT2D eigenvalue weighted by Crippen LogP contribution is 2.44. The Bertz CT molecular complexity index is 7030. The Balaban J connectivity index is 0.000000108. The van der Waals surface area contributed by atoms with Gasteiger partial charge in [-0.3, -0.25) is 0 Å². The van der Waals surface area contributed by atoms with Crippen molar-refractivity contribution in [3.05, 3.63) is 396 Å². The molecule has 0 saturated heterocycles. The fraction of sp³-hybridized carbons (Fsp3) is 0. The molecule has 112 heavy (non-hydrogen) atoms. The molecule has 0 aliphatic heterocycles. The van der Waals surface area contributed by atoms with E-state index in [1.54, 1.807) is 17.4 Å². The highest BCUT2D eigenvalue weighted by molar-refractivity contribution is 9.11. The van der Waals surface area contributed by atoms with E-state index >= 15 is 0 Å². The van der Waals surface area contributed by atoms with Crippen LogP contribution in [0.5, 0.6) is 0 Å². The van der Waals surface area contributed by atoms with E-state index in [0.717, 1.165) is 45.0 Å². The van der Waals surface area contributed by atoms with Gasteiger partial charge >= 0.3 is 14.2 Å². The summed E-state index contributed by atoms with van der Waals surface area (Å²) in [5, 5.41) is 54.4. The summed E-state index contributed by atoms with van der Waals surface area (Å²) < 4.78 is 10.8. The summed E-state index contributed by atoms with van der Waals surface area (Å²) in [6.07, 6.45) is 0. The van der Waals surface area contributed by atoms with Gasteiger partial charge in [0.05, 0.1) is 0 Å². The van der Waals surface area contributed by atoms with Gasteiger partial charge in [-0.15, -0.1) is 34.0 Å². The summed E-state index contributed by atoms with van der Waals surface area (Å²) in [6.45, 7) is 0. The molecule has 0 bridgehead atoms. The molecule has 21 aromatic rings. The second-order valence-corrected chi connectivity index (χ2v) is 33.2. The van der Waals surface area contributed by atoms with Crippen LogP contribution in [0.25, 0.3) is 170 Å². The lowest BCUT2D eigenvalue weighted by atomic mass is 9.76. The molecule has 0 aliphatic rings. The van der Waals surface area contributed by atoms with Crippen LogP contribution >= 0.6 is 81.8 Å². The Morgan fingerprint density at radius 1 is 0.188 bits per heavy atom. The lowest BCUT2D eigenvalue weighted by molar-refractivity contribution is 0.425. The van der Waals surface area contributed by atoms with Gasteiger partial charge in [0, 0.05) is 68.5 Å². The van der Waals surface area contributed by atoms with Gasteiger partial charge in [0.1, 0.15) is 0 Å². The van der Waals surface area contributed by atoms with Crippen molar-refractivity contribution in [3.8, 4) is 66.8 Å². The third-order valence-electron chi connectivity index (χ3n) is 20.4. The van der Waals surface area contributed by atoms with Gasteiger partial charge in [0.2, 0.25) is 0 Å². The normalized spacial score (nSPS) is 11.2. The Morgan fingerprint density at radius 3 is 0.893 bits per heavy atom. The van der Waals surface area contributed by atoms with Crippen molar-refractivity contribution in [1.29, 1.82) is 0 Å². The van der Waals surface area contributed by atoms with Crippen molar-refractivity contribution < 1.29 is 20.1 Å². The number of hydrogen-bond donors (Lipinski definition) is 4. The molecule has 12 heteroatoms. The molecule has 18 aromatic carbocycles. The molecule has 3 aromatic heterocycles. The topological polar surface area (TPSA) is 80.9 Å². The zero-order valence-corrected chi connectivity index (χ0v) is 67.4. The van der Waals surface area contributed by atoms with Crippen molar-refractivity contribution in [3.63, 3.8) is 0 Å². The number of halogens is 3. The van der Waals surface area contributed by atoms with Crippen molar-refractivity contribution in [1.82, 2.24) is 0 Å². The zero-order chi connectivity index (χ0) is 76.2. The third kappa shape index (κ3) is 15.5. The first-order valence-electron chi connectivity index (χ1n) is 36.8. The summed E-state index contributed by atoms with van der Waals surface area (Å²) in [5.41, 5.74) is 16.2. The molecule has 4 N–H and O–H groups in total. The van der Waals surface area contributed by atoms with Gasteiger partial charge in [-0.2, -0.15) is 0 Å². The summed E-state index contributed by atoms with van der Waals surface area (Å²) in [5.74, 6) is 0. The highest BCUT2D eigenvalue weighted by atomic mass is 79.9. The van der Waals surface area contributed by atoms with E-state index in [1.165, 1.54) is 139 Å². The molecule has 0 saturated carbocycles. The molecule has 0 fully saturated rings. The average molecular weight is 1690 g/mol. The van der Waals surface area contributed by atoms with Crippen LogP contribution in [0.15, 0.2) is 396 Å². The van der Waals surface area contributed by atoms with Gasteiger partial charge in [0.15, 0.2) is 0 Å². The fourth-order valence-corrected chi connectivity index (χ4v) is 20.0. The van der Waals surface area contributed by atoms with E-state index in [0.29, 0.717) is 10.9 Å². The molecule has 0 amide bonds. The Hall–Kier alpha value is -10.9. The van der Waals surface area contributed by atoms with Crippen LogP contribution < -0.4 is 10.9 Å². The molecule has 0 atom stereocenters. The fourth-order valence-electron chi connectivity index (χ4n) is 15.1. The van der Waals surface area contributed by atoms with Crippen LogP contribution in [0.3, 0.4) is 0 Å². The maximum absolute atomic E-state index is 9.44. The molecular formula is C100H67B2Br3O4S3. The van der Waals surface area contributed by atoms with E-state index in [1.807, 2.05) is 132 Å². The van der Waals surface area contributed by atoms with Crippen molar-refractivity contribution in [2.24, 2.45) is 0 Å². The lowest BCUT2D eigenvalue weighted by Crippen LogP contribution is -2.30. The monoisotopic (exact) mass is 1690 g/mol. The third-order valence-corrected chi connectivity index (χ3v) is 25.5. The average Bonchev–Trinajstić information content (AvgIpc) is 1.47. The molecule has 0 radical (unpaired) electrons. The molecule has 3 heterocycles. The molecule has 0 aliphatic carbocycles. The van der Waals surface area contributed by atoms with Crippen LogP contribution in [0.1, 0.15) is 0 Å². The van der Waals surface area contributed by atoms with Crippen LogP contribution in [-0.4, -0.2) is 34.3 Å². The number of rotatable bonds is 8. The van der Waals surface area contributed by atoms with Crippen molar-refractivity contribution in [2.75, 3.05) is 0 Å². The van der Waals surface area contributed by atoms with Gasteiger partial charge in [-0.1, -0.05) is 351 Å². The SMILES string of the molecule is Brc1cccc(-c2cccc(-c3cccc4c3sc3ccccc34)c2)c1.Brc1cccc(-c2cccc(Br)c2)c1.OB(O)c1cc2ccccc2c2ccccc12.OB(O)c1cccc2c1sc1ccccc12.c1cc(-c2cccc(-c3cccc4c3sc3ccccc34)c2)cc(-c2cc3ccccc3c3ccccc23)c1. The molecular weight excluding hydrogens is 1620 g/mol. The Morgan fingerprint density at radius 2 is 0.473 bits per heavy atom. The summed E-state index contributed by atoms with van der Waals surface area (Å²) in [6, 6.07) is 134. The maximum Gasteiger partial charge on any atom is 0.489 e. The van der Waals surface area contributed by atoms with Crippen LogP contribution in [0, 0.1) is 0 Å². The van der Waals surface area contributed by atoms with Gasteiger partial charge < -0.3 is 20.1 Å². The van der Waals surface area contributed by atoms with E-state index < -0.39 is 14.2 Å². The first-order valence-corrected chi connectivity index (χ1v) is 41.6. The van der Waals surface area contributed by atoms with E-state index in [4.69, 9.17) is 0 Å². The van der Waals surface area contributed by atoms with E-state index in [9.17, 15) is 20.1 Å². The quantitative estimate of drug-likeness (QED) is 0.0903. The molecule has 21 rings (SSSR count). The first-order chi connectivity index (χ1) is 54.9. The van der Waals surface area contributed by atoms with Crippen LogP contribution in [0.4, 0.5) is 0 Å². The number of fused-ring (bicyclic) bond motifs is 15. The molecule has 4 nitrogen and oxygen atoms in total. The van der Waals surface area contributed by atoms with Crippen molar-refractivity contribution in [2.45, 2.75) is 0 Å². The molecule has 0 spiro atoms. The zero-order valence-electron chi connectivity index (χ0n) is 60.2. The minimum atomic E-state index is -1.44. The smallest absolute Gasteiger partial charge is 0.423 e. The predicted molar refractivity (Wildman–Crippen MR) is 496 cm³/mol. The largest absolute Gasteiger partial charge is 0.489 e. The second-order valence-electron chi connectivity index (χ2n) is 27.3. The van der Waals surface area contributed by atoms with E-state index in [-0.39, 0.29) is 0 Å². The number of benzene rings is 18. The summed E-state index contributed by atoms with van der Waals surface area (Å²) in [4.78, 5) is 0. The van der Waals surface area contributed by atoms with Gasteiger partial charge in [0.25, 0.3) is 0 Å². The van der Waals surface area contributed by atoms with Crippen LogP contribution in [-0.2, 0) is 0 Å². The standard InChI is InChI=1S/C38H24S.C24H15BrS.C14H11BO2.C12H9BO2S.C12H8Br2/c1-2-15-30-29(10-1)24-36(33-17-4-3-16-32(30)33)28-14-8-12-26(23-28)25-11-7-13-27(22-25)31-19-9-20-35-34-18-5-6-21-37(34)39-38(31)35;25-19-9-4-7-17(15-19)16-6-3-8-18(14-16)20-11-5-12-22-21-10-1-2-13-23(21)26-24(20)22;16-15(17)14-9-10-5-1-2-6-11(10)12-7-3-4-8-13(12)14;14-13(15)10-6-3-5-9-8-4-1-2-7-11(8)16-12(9)10;13-11-5-1-3-9(7-11)10-4-2-6-12(14)8-10/h1-24H;1-15H;1-9,16-17H;1-7,14-15H;1-8H. The van der Waals surface area contributed by atoms with Crippen LogP contribution in [0.2, 0.25) is 0 Å². The molecule has 536 valence electrons. The highest BCUT2D eigenvalue weighted by Gasteiger charge is 2.20. The lowest BCUT2D eigenvalue weighted by Gasteiger charge is -2.13. The summed E-state index contributed by atoms with van der Waals surface area (Å²) >= 11 is 15.9. The number of hydrogen-bond acceptors (Lipinski definition) is 7. The Labute approximate surface area is 686 Å². The van der Waals surface area contributed by atoms with Gasteiger partial charge in [-0.05, 0) is 205 Å². The number of thiophene rings is 3. The minimum Gasteiger partial charge on any atom is -0.423 e.